The van der Waals surface area contributed by atoms with E-state index in [0.29, 0.717) is 5.92 Å². The molecular weight excluding hydrogens is 254 g/mol. The summed E-state index contributed by atoms with van der Waals surface area (Å²) in [6.07, 6.45) is 4.76. The molecule has 3 rings (SSSR count). The minimum atomic E-state index is 0.169. The van der Waals surface area contributed by atoms with Crippen molar-refractivity contribution in [2.45, 2.75) is 45.6 Å². The van der Waals surface area contributed by atoms with Crippen molar-refractivity contribution in [2.24, 2.45) is 11.7 Å². The Labute approximate surface area is 128 Å². The van der Waals surface area contributed by atoms with Gasteiger partial charge in [0.1, 0.15) is 0 Å². The van der Waals surface area contributed by atoms with E-state index in [1.807, 2.05) is 0 Å². The molecule has 2 atom stereocenters. The molecule has 2 aromatic carbocycles. The van der Waals surface area contributed by atoms with Gasteiger partial charge in [0, 0.05) is 6.04 Å². The van der Waals surface area contributed by atoms with E-state index >= 15 is 0 Å². The van der Waals surface area contributed by atoms with Crippen LogP contribution in [0.15, 0.2) is 42.5 Å². The van der Waals surface area contributed by atoms with Crippen LogP contribution in [0, 0.1) is 19.8 Å². The van der Waals surface area contributed by atoms with Gasteiger partial charge in [0.15, 0.2) is 0 Å². The molecule has 2 unspecified atom stereocenters. The van der Waals surface area contributed by atoms with Crippen molar-refractivity contribution < 1.29 is 0 Å². The first-order valence-electron chi connectivity index (χ1n) is 8.05. The number of aryl methyl sites for hydroxylation is 3. The van der Waals surface area contributed by atoms with Crippen LogP contribution >= 0.6 is 0 Å². The zero-order chi connectivity index (χ0) is 14.8. The fraction of sp³-hybridized carbons (Fsp3) is 0.400. The summed E-state index contributed by atoms with van der Waals surface area (Å²) < 4.78 is 0. The highest BCUT2D eigenvalue weighted by Gasteiger charge is 2.25. The van der Waals surface area contributed by atoms with Crippen LogP contribution in [0.1, 0.15) is 46.7 Å². The molecule has 1 heteroatoms. The van der Waals surface area contributed by atoms with Crippen LogP contribution in [0.3, 0.4) is 0 Å². The largest absolute Gasteiger partial charge is 0.324 e. The molecule has 2 aromatic rings. The lowest BCUT2D eigenvalue weighted by molar-refractivity contribution is 0.401. The van der Waals surface area contributed by atoms with Gasteiger partial charge in [-0.3, -0.25) is 0 Å². The second-order valence-electron chi connectivity index (χ2n) is 6.45. The maximum Gasteiger partial charge on any atom is 0.0329 e. The summed E-state index contributed by atoms with van der Waals surface area (Å²) in [5, 5.41) is 0. The van der Waals surface area contributed by atoms with E-state index < -0.39 is 0 Å². The zero-order valence-electron chi connectivity index (χ0n) is 13.1. The van der Waals surface area contributed by atoms with E-state index in [1.54, 1.807) is 0 Å². The molecule has 0 saturated carbocycles. The lowest BCUT2D eigenvalue weighted by atomic mass is 9.84. The smallest absolute Gasteiger partial charge is 0.0329 e. The van der Waals surface area contributed by atoms with E-state index in [0.717, 1.165) is 6.42 Å². The maximum atomic E-state index is 6.64. The third-order valence-corrected chi connectivity index (χ3v) is 5.05. The molecule has 0 heterocycles. The Morgan fingerprint density at radius 1 is 1.00 bits per heavy atom. The molecule has 110 valence electrons. The number of rotatable bonds is 2. The number of hydrogen-bond acceptors (Lipinski definition) is 1. The summed E-state index contributed by atoms with van der Waals surface area (Å²) in [6, 6.07) is 15.5. The fourth-order valence-electron chi connectivity index (χ4n) is 3.74. The lowest BCUT2D eigenvalue weighted by Gasteiger charge is -2.24. The second kappa shape index (κ2) is 6.03. The van der Waals surface area contributed by atoms with Crippen molar-refractivity contribution >= 4 is 0 Å². The van der Waals surface area contributed by atoms with Gasteiger partial charge in [0.2, 0.25) is 0 Å². The Morgan fingerprint density at radius 2 is 1.71 bits per heavy atom. The summed E-state index contributed by atoms with van der Waals surface area (Å²) in [4.78, 5) is 0. The Kier molecular flexibility index (Phi) is 4.12. The number of nitrogens with two attached hydrogens (primary N) is 1. The molecule has 1 aliphatic carbocycles. The molecule has 0 spiro atoms. The standard InChI is InChI=1S/C20H25N/c1-14-7-5-8-15(2)19(14)13-17-11-6-10-16-9-3-4-12-18(16)20(17)21/h3-5,7-9,12,17,20H,6,10-11,13,21H2,1-2H3. The Morgan fingerprint density at radius 3 is 2.48 bits per heavy atom. The first-order valence-corrected chi connectivity index (χ1v) is 8.05. The minimum absolute atomic E-state index is 0.169. The first kappa shape index (κ1) is 14.3. The summed E-state index contributed by atoms with van der Waals surface area (Å²) >= 11 is 0. The van der Waals surface area contributed by atoms with Gasteiger partial charge >= 0.3 is 0 Å². The summed E-state index contributed by atoms with van der Waals surface area (Å²) in [6.45, 7) is 4.44. The molecule has 0 saturated heterocycles. The average Bonchev–Trinajstić information content (AvgIpc) is 2.63. The second-order valence-corrected chi connectivity index (χ2v) is 6.45. The number of fused-ring (bicyclic) bond motifs is 1. The van der Waals surface area contributed by atoms with Crippen molar-refractivity contribution in [1.82, 2.24) is 0 Å². The van der Waals surface area contributed by atoms with Crippen molar-refractivity contribution in [1.29, 1.82) is 0 Å². The molecule has 0 amide bonds. The van der Waals surface area contributed by atoms with Crippen molar-refractivity contribution in [2.75, 3.05) is 0 Å². The fourth-order valence-corrected chi connectivity index (χ4v) is 3.74. The molecule has 2 N–H and O–H groups in total. The Hall–Kier alpha value is -1.60. The molecular formula is C20H25N. The third-order valence-electron chi connectivity index (χ3n) is 5.05. The number of hydrogen-bond donors (Lipinski definition) is 1. The molecule has 1 aliphatic rings. The van der Waals surface area contributed by atoms with Gasteiger partial charge in [-0.1, -0.05) is 42.5 Å². The van der Waals surface area contributed by atoms with Gasteiger partial charge in [-0.15, -0.1) is 0 Å². The third kappa shape index (κ3) is 2.89. The van der Waals surface area contributed by atoms with Crippen LogP contribution in [0.5, 0.6) is 0 Å². The average molecular weight is 279 g/mol. The van der Waals surface area contributed by atoms with Gasteiger partial charge < -0.3 is 5.73 Å². The maximum absolute atomic E-state index is 6.64. The molecule has 0 radical (unpaired) electrons. The van der Waals surface area contributed by atoms with E-state index in [-0.39, 0.29) is 6.04 Å². The van der Waals surface area contributed by atoms with Crippen LogP contribution in [0.2, 0.25) is 0 Å². The van der Waals surface area contributed by atoms with E-state index in [9.17, 15) is 0 Å². The monoisotopic (exact) mass is 279 g/mol. The highest BCUT2D eigenvalue weighted by Crippen LogP contribution is 2.34. The van der Waals surface area contributed by atoms with Crippen molar-refractivity contribution in [3.8, 4) is 0 Å². The van der Waals surface area contributed by atoms with Crippen LogP contribution in [-0.2, 0) is 12.8 Å². The van der Waals surface area contributed by atoms with E-state index in [1.165, 1.54) is 47.1 Å². The predicted octanol–water partition coefficient (Wildman–Crippen LogP) is 4.50. The van der Waals surface area contributed by atoms with Crippen LogP contribution in [0.25, 0.3) is 0 Å². The Bertz CT molecular complexity index is 609. The van der Waals surface area contributed by atoms with Crippen LogP contribution in [0.4, 0.5) is 0 Å². The zero-order valence-corrected chi connectivity index (χ0v) is 13.1. The van der Waals surface area contributed by atoms with Crippen LogP contribution < -0.4 is 5.73 Å². The highest BCUT2D eigenvalue weighted by molar-refractivity contribution is 5.36. The molecule has 0 aromatic heterocycles. The van der Waals surface area contributed by atoms with Crippen molar-refractivity contribution in [3.05, 3.63) is 70.3 Å². The Balaban J connectivity index is 1.90. The summed E-state index contributed by atoms with van der Waals surface area (Å²) in [5.74, 6) is 0.549. The van der Waals surface area contributed by atoms with Crippen molar-refractivity contribution in [3.63, 3.8) is 0 Å². The normalized spacial score (nSPS) is 21.7. The topological polar surface area (TPSA) is 26.0 Å². The number of benzene rings is 2. The van der Waals surface area contributed by atoms with Gasteiger partial charge in [-0.05, 0) is 73.3 Å². The van der Waals surface area contributed by atoms with Crippen LogP contribution in [-0.4, -0.2) is 0 Å². The minimum Gasteiger partial charge on any atom is -0.324 e. The summed E-state index contributed by atoms with van der Waals surface area (Å²) in [5.41, 5.74) is 13.8. The molecule has 0 aliphatic heterocycles. The van der Waals surface area contributed by atoms with Gasteiger partial charge in [-0.25, -0.2) is 0 Å². The first-order chi connectivity index (χ1) is 10.2. The van der Waals surface area contributed by atoms with Gasteiger partial charge in [-0.2, -0.15) is 0 Å². The van der Waals surface area contributed by atoms with E-state index in [4.69, 9.17) is 5.73 Å². The molecule has 0 bridgehead atoms. The van der Waals surface area contributed by atoms with Gasteiger partial charge in [0.25, 0.3) is 0 Å². The van der Waals surface area contributed by atoms with E-state index in [2.05, 4.69) is 56.3 Å². The SMILES string of the molecule is Cc1cccc(C)c1CC1CCCc2ccccc2C1N. The molecule has 0 fully saturated rings. The predicted molar refractivity (Wildman–Crippen MR) is 89.4 cm³/mol. The van der Waals surface area contributed by atoms with Gasteiger partial charge in [0.05, 0.1) is 0 Å². The highest BCUT2D eigenvalue weighted by atomic mass is 14.7. The lowest BCUT2D eigenvalue weighted by Crippen LogP contribution is -2.23. The molecule has 21 heavy (non-hydrogen) atoms. The molecule has 1 nitrogen and oxygen atoms in total. The summed E-state index contributed by atoms with van der Waals surface area (Å²) in [7, 11) is 0. The quantitative estimate of drug-likeness (QED) is 0.805.